The summed E-state index contributed by atoms with van der Waals surface area (Å²) in [7, 11) is 0. The number of ether oxygens (including phenoxy) is 1. The predicted molar refractivity (Wildman–Crippen MR) is 107 cm³/mol. The molecule has 1 aromatic heterocycles. The Hall–Kier alpha value is -3.55. The molecule has 2 aromatic carbocycles. The van der Waals surface area contributed by atoms with E-state index < -0.39 is 0 Å². The van der Waals surface area contributed by atoms with Gasteiger partial charge in [0.15, 0.2) is 6.61 Å². The molecule has 0 unspecified atom stereocenters. The van der Waals surface area contributed by atoms with Crippen LogP contribution in [0.1, 0.15) is 24.6 Å². The summed E-state index contributed by atoms with van der Waals surface area (Å²) in [5, 5.41) is 0. The third kappa shape index (κ3) is 4.22. The van der Waals surface area contributed by atoms with Gasteiger partial charge in [-0.05, 0) is 54.8 Å². The molecule has 1 amide bonds. The van der Waals surface area contributed by atoms with E-state index in [1.54, 1.807) is 23.2 Å². The van der Waals surface area contributed by atoms with Crippen molar-refractivity contribution in [1.82, 2.24) is 14.9 Å². The summed E-state index contributed by atoms with van der Waals surface area (Å²) in [4.78, 5) is 23.0. The quantitative estimate of drug-likeness (QED) is 0.693. The lowest BCUT2D eigenvalue weighted by atomic mass is 9.99. The van der Waals surface area contributed by atoms with E-state index in [2.05, 4.69) is 9.97 Å². The highest BCUT2D eigenvalue weighted by Crippen LogP contribution is 2.37. The van der Waals surface area contributed by atoms with E-state index in [0.717, 1.165) is 6.42 Å². The maximum Gasteiger partial charge on any atom is 0.261 e. The lowest BCUT2D eigenvalue weighted by molar-refractivity contribution is -0.134. The molecule has 8 heteroatoms. The first-order valence-corrected chi connectivity index (χ1v) is 9.57. The van der Waals surface area contributed by atoms with Crippen molar-refractivity contribution in [2.75, 3.05) is 18.9 Å². The summed E-state index contributed by atoms with van der Waals surface area (Å²) in [5.74, 6) is -0.467. The molecule has 154 valence electrons. The number of rotatable bonds is 5. The van der Waals surface area contributed by atoms with E-state index in [0.29, 0.717) is 35.5 Å². The van der Waals surface area contributed by atoms with Crippen molar-refractivity contribution < 1.29 is 18.3 Å². The molecule has 0 spiro atoms. The summed E-state index contributed by atoms with van der Waals surface area (Å²) in [5.41, 5.74) is 7.65. The minimum absolute atomic E-state index is 0.0898. The van der Waals surface area contributed by atoms with E-state index >= 15 is 0 Å². The van der Waals surface area contributed by atoms with Crippen LogP contribution in [0.3, 0.4) is 0 Å². The lowest BCUT2D eigenvalue weighted by Crippen LogP contribution is -2.35. The van der Waals surface area contributed by atoms with E-state index in [1.807, 2.05) is 0 Å². The van der Waals surface area contributed by atoms with Crippen LogP contribution in [0.5, 0.6) is 5.75 Å². The maximum absolute atomic E-state index is 13.8. The van der Waals surface area contributed by atoms with Gasteiger partial charge in [-0.2, -0.15) is 0 Å². The van der Waals surface area contributed by atoms with Crippen LogP contribution in [0.2, 0.25) is 0 Å². The van der Waals surface area contributed by atoms with Crippen LogP contribution >= 0.6 is 0 Å². The van der Waals surface area contributed by atoms with Crippen molar-refractivity contribution in [2.24, 2.45) is 0 Å². The third-order valence-corrected chi connectivity index (χ3v) is 5.04. The molecule has 1 saturated heterocycles. The zero-order valence-corrected chi connectivity index (χ0v) is 16.1. The monoisotopic (exact) mass is 410 g/mol. The lowest BCUT2D eigenvalue weighted by Gasteiger charge is -2.26. The van der Waals surface area contributed by atoms with Crippen molar-refractivity contribution in [2.45, 2.75) is 18.9 Å². The number of nitrogens with two attached hydrogens (primary N) is 1. The number of hydrogen-bond donors (Lipinski definition) is 1. The predicted octanol–water partition coefficient (Wildman–Crippen LogP) is 3.75. The Kier molecular flexibility index (Phi) is 5.56. The number of carbonyl (C=O) groups is 1. The van der Waals surface area contributed by atoms with Crippen LogP contribution in [0.15, 0.2) is 54.7 Å². The molecule has 1 aliphatic heterocycles. The summed E-state index contributed by atoms with van der Waals surface area (Å²) < 4.78 is 32.3. The Labute approximate surface area is 172 Å². The molecular weight excluding hydrogens is 390 g/mol. The minimum atomic E-state index is -0.375. The van der Waals surface area contributed by atoms with Gasteiger partial charge in [0.2, 0.25) is 5.95 Å². The summed E-state index contributed by atoms with van der Waals surface area (Å²) in [6.07, 6.45) is 3.04. The SMILES string of the molecule is Nc1ncc(-c2cccc(F)c2)c([C@H]2CCCN2C(=O)COc2ccc(F)cc2)n1. The van der Waals surface area contributed by atoms with Crippen LogP contribution < -0.4 is 10.5 Å². The van der Waals surface area contributed by atoms with Crippen molar-refractivity contribution in [3.05, 3.63) is 72.1 Å². The minimum Gasteiger partial charge on any atom is -0.484 e. The highest BCUT2D eigenvalue weighted by molar-refractivity contribution is 5.79. The standard InChI is InChI=1S/C22H20F2N4O2/c23-15-6-8-17(9-7-15)30-13-20(29)28-10-2-5-19(28)21-18(12-26-22(25)27-21)14-3-1-4-16(24)11-14/h1,3-4,6-9,11-12,19H,2,5,10,13H2,(H2,25,26,27)/t19-/m1/s1. The van der Waals surface area contributed by atoms with Crippen LogP contribution in [0, 0.1) is 11.6 Å². The van der Waals surface area contributed by atoms with Gasteiger partial charge in [-0.25, -0.2) is 18.7 Å². The Morgan fingerprint density at radius 3 is 2.73 bits per heavy atom. The highest BCUT2D eigenvalue weighted by Gasteiger charge is 2.33. The van der Waals surface area contributed by atoms with Gasteiger partial charge >= 0.3 is 0 Å². The number of benzene rings is 2. The molecule has 1 aliphatic rings. The Morgan fingerprint density at radius 2 is 1.97 bits per heavy atom. The van der Waals surface area contributed by atoms with E-state index in [1.165, 1.54) is 36.4 Å². The molecule has 0 radical (unpaired) electrons. The molecule has 30 heavy (non-hydrogen) atoms. The fourth-order valence-corrected chi connectivity index (χ4v) is 3.65. The number of amides is 1. The van der Waals surface area contributed by atoms with E-state index in [4.69, 9.17) is 10.5 Å². The first-order valence-electron chi connectivity index (χ1n) is 9.57. The molecule has 2 heterocycles. The first kappa shape index (κ1) is 19.8. The van der Waals surface area contributed by atoms with Gasteiger partial charge < -0.3 is 15.4 Å². The molecule has 1 atom stereocenters. The van der Waals surface area contributed by atoms with Gasteiger partial charge in [-0.1, -0.05) is 12.1 Å². The Bertz CT molecular complexity index is 1060. The second-order valence-electron chi connectivity index (χ2n) is 7.03. The molecule has 1 fully saturated rings. The van der Waals surface area contributed by atoms with Crippen LogP contribution in [-0.2, 0) is 4.79 Å². The Morgan fingerprint density at radius 1 is 1.17 bits per heavy atom. The zero-order chi connectivity index (χ0) is 21.1. The number of halogens is 2. The summed E-state index contributed by atoms with van der Waals surface area (Å²) >= 11 is 0. The van der Waals surface area contributed by atoms with Crippen LogP contribution in [0.4, 0.5) is 14.7 Å². The van der Waals surface area contributed by atoms with E-state index in [9.17, 15) is 13.6 Å². The number of aromatic nitrogens is 2. The molecule has 3 aromatic rings. The Balaban J connectivity index is 1.58. The third-order valence-electron chi connectivity index (χ3n) is 5.04. The fraction of sp³-hybridized carbons (Fsp3) is 0.227. The van der Waals surface area contributed by atoms with Gasteiger partial charge in [-0.15, -0.1) is 0 Å². The molecule has 2 N–H and O–H groups in total. The van der Waals surface area contributed by atoms with Crippen molar-refractivity contribution in [3.8, 4) is 16.9 Å². The van der Waals surface area contributed by atoms with Crippen LogP contribution in [0.25, 0.3) is 11.1 Å². The molecule has 0 aliphatic carbocycles. The number of hydrogen-bond acceptors (Lipinski definition) is 5. The van der Waals surface area contributed by atoms with Gasteiger partial charge in [0.25, 0.3) is 5.91 Å². The fourth-order valence-electron chi connectivity index (χ4n) is 3.65. The number of nitrogen functional groups attached to an aromatic ring is 1. The normalized spacial score (nSPS) is 15.9. The van der Waals surface area contributed by atoms with E-state index in [-0.39, 0.29) is 36.1 Å². The van der Waals surface area contributed by atoms with Gasteiger partial charge in [0.05, 0.1) is 11.7 Å². The van der Waals surface area contributed by atoms with Crippen molar-refractivity contribution in [1.29, 1.82) is 0 Å². The second kappa shape index (κ2) is 8.44. The smallest absolute Gasteiger partial charge is 0.261 e. The first-order chi connectivity index (χ1) is 14.5. The molecular formula is C22H20F2N4O2. The largest absolute Gasteiger partial charge is 0.484 e. The number of likely N-dealkylation sites (tertiary alicyclic amines) is 1. The van der Waals surface area contributed by atoms with Crippen LogP contribution in [-0.4, -0.2) is 33.9 Å². The number of nitrogens with zero attached hydrogens (tertiary/aromatic N) is 3. The number of carbonyl (C=O) groups excluding carboxylic acids is 1. The molecule has 0 bridgehead atoms. The van der Waals surface area contributed by atoms with Crippen molar-refractivity contribution >= 4 is 11.9 Å². The average molecular weight is 410 g/mol. The maximum atomic E-state index is 13.8. The highest BCUT2D eigenvalue weighted by atomic mass is 19.1. The summed E-state index contributed by atoms with van der Waals surface area (Å²) in [6.45, 7) is 0.362. The van der Waals surface area contributed by atoms with Gasteiger partial charge in [-0.3, -0.25) is 4.79 Å². The zero-order valence-electron chi connectivity index (χ0n) is 16.1. The second-order valence-corrected chi connectivity index (χ2v) is 7.03. The topological polar surface area (TPSA) is 81.3 Å². The van der Waals surface area contributed by atoms with Crippen molar-refractivity contribution in [3.63, 3.8) is 0 Å². The molecule has 4 rings (SSSR count). The number of anilines is 1. The summed E-state index contributed by atoms with van der Waals surface area (Å²) in [6, 6.07) is 11.3. The molecule has 6 nitrogen and oxygen atoms in total. The average Bonchev–Trinajstić information content (AvgIpc) is 3.23. The van der Waals surface area contributed by atoms with Gasteiger partial charge in [0.1, 0.15) is 17.4 Å². The van der Waals surface area contributed by atoms with Gasteiger partial charge in [0, 0.05) is 18.3 Å². The molecule has 0 saturated carbocycles.